The van der Waals surface area contributed by atoms with Crippen molar-refractivity contribution in [3.05, 3.63) is 23.9 Å². The fourth-order valence-electron chi connectivity index (χ4n) is 9.64. The number of hydrogen-bond acceptors (Lipinski definition) is 5. The second-order valence-electron chi connectivity index (χ2n) is 13.1. The average molecular weight is 528 g/mol. The number of fused-ring (bicyclic) bond motifs is 5. The van der Waals surface area contributed by atoms with Gasteiger partial charge in [-0.1, -0.05) is 13.8 Å². The van der Waals surface area contributed by atoms with E-state index in [1.807, 2.05) is 13.0 Å². The van der Waals surface area contributed by atoms with Crippen LogP contribution in [0.2, 0.25) is 0 Å². The molecule has 0 saturated heterocycles. The van der Waals surface area contributed by atoms with Crippen LogP contribution in [0, 0.1) is 57.7 Å². The molecule has 0 aliphatic heterocycles. The van der Waals surface area contributed by atoms with E-state index in [4.69, 9.17) is 10.00 Å². The number of hydrogen-bond donors (Lipinski definition) is 1. The maximum absolute atomic E-state index is 13.1. The number of sulfonamides is 1. The second-order valence-corrected chi connectivity index (χ2v) is 14.8. The van der Waals surface area contributed by atoms with E-state index in [1.165, 1.54) is 69.7 Å². The van der Waals surface area contributed by atoms with Gasteiger partial charge in [-0.25, -0.2) is 18.1 Å². The summed E-state index contributed by atoms with van der Waals surface area (Å²) in [6.45, 7) is 11.0. The van der Waals surface area contributed by atoms with Gasteiger partial charge in [0.25, 0.3) is 10.0 Å². The summed E-state index contributed by atoms with van der Waals surface area (Å²) >= 11 is 0. The summed E-state index contributed by atoms with van der Waals surface area (Å²) < 4.78 is 35.0. The van der Waals surface area contributed by atoms with Crippen LogP contribution < -0.4 is 4.72 Å². The molecule has 5 rings (SSSR count). The number of rotatable bonds is 7. The molecule has 9 atom stereocenters. The fourth-order valence-corrected chi connectivity index (χ4v) is 10.9. The lowest BCUT2D eigenvalue weighted by molar-refractivity contribution is -0.123. The minimum Gasteiger partial charge on any atom is -0.381 e. The zero-order chi connectivity index (χ0) is 26.4. The van der Waals surface area contributed by atoms with Crippen molar-refractivity contribution in [2.75, 3.05) is 13.2 Å². The highest BCUT2D eigenvalue weighted by atomic mass is 32.2. The van der Waals surface area contributed by atoms with Crippen molar-refractivity contribution >= 4 is 10.0 Å². The molecule has 7 heteroatoms. The quantitative estimate of drug-likeness (QED) is 0.474. The first kappa shape index (κ1) is 27.1. The van der Waals surface area contributed by atoms with Gasteiger partial charge in [-0.3, -0.25) is 0 Å². The van der Waals surface area contributed by atoms with Crippen LogP contribution in [-0.2, 0) is 14.8 Å². The maximum atomic E-state index is 13.1. The number of ether oxygens (including phenoxy) is 1. The molecule has 1 aromatic rings. The van der Waals surface area contributed by atoms with Crippen molar-refractivity contribution in [3.63, 3.8) is 0 Å². The van der Waals surface area contributed by atoms with Crippen LogP contribution in [0.1, 0.15) is 91.0 Å². The summed E-state index contributed by atoms with van der Waals surface area (Å²) in [6.07, 6.45) is 12.8. The lowest BCUT2D eigenvalue weighted by Crippen LogP contribution is -2.55. The molecule has 0 aromatic carbocycles. The molecule has 204 valence electrons. The molecular formula is C30H45N3O3S. The molecule has 1 N–H and O–H groups in total. The molecule has 1 aromatic heterocycles. The van der Waals surface area contributed by atoms with Gasteiger partial charge in [0.1, 0.15) is 6.07 Å². The minimum absolute atomic E-state index is 0.00653. The summed E-state index contributed by atoms with van der Waals surface area (Å²) in [4.78, 5) is 4.04. The monoisotopic (exact) mass is 527 g/mol. The summed E-state index contributed by atoms with van der Waals surface area (Å²) in [7, 11) is -3.73. The lowest BCUT2D eigenvalue weighted by Gasteiger charge is -2.61. The SMILES string of the molecule is CCOC[C@H]1CC[C@]2(C)C3CC[C@@]4(C)C(CCC4[C@@H](C)NS(=O)(=O)c4ccc(C#N)cn4)[C@@H]3CC[C@@H]2C1. The molecule has 6 nitrogen and oxygen atoms in total. The molecule has 4 aliphatic rings. The highest BCUT2D eigenvalue weighted by Gasteiger charge is 2.60. The van der Waals surface area contributed by atoms with Gasteiger partial charge in [-0.05, 0) is 130 Å². The summed E-state index contributed by atoms with van der Waals surface area (Å²) in [5.74, 6) is 4.18. The van der Waals surface area contributed by atoms with Crippen molar-refractivity contribution in [2.45, 2.75) is 96.6 Å². The van der Waals surface area contributed by atoms with Crippen LogP contribution in [0.5, 0.6) is 0 Å². The average Bonchev–Trinajstić information content (AvgIpc) is 3.24. The van der Waals surface area contributed by atoms with Gasteiger partial charge < -0.3 is 4.74 Å². The predicted octanol–water partition coefficient (Wildman–Crippen LogP) is 5.93. The first-order valence-corrected chi connectivity index (χ1v) is 16.1. The standard InChI is InChI=1S/C30H45N3O3S/c1-5-36-19-21-12-14-29(3)23(16-21)7-8-24-26-10-9-25(30(26,4)15-13-27(24)29)20(2)33-37(34,35)28-11-6-22(17-31)18-32-28/h6,11,18,20-21,23-27,33H,5,7-10,12-16,19H2,1-4H3/t20-,21+,23-,24+,25?,26?,27?,29+,30-/m1/s1. The van der Waals surface area contributed by atoms with Crippen LogP contribution in [0.4, 0.5) is 0 Å². The first-order chi connectivity index (χ1) is 17.6. The van der Waals surface area contributed by atoms with Crippen molar-refractivity contribution in [1.82, 2.24) is 9.71 Å². The highest BCUT2D eigenvalue weighted by molar-refractivity contribution is 7.89. The molecule has 0 spiro atoms. The van der Waals surface area contributed by atoms with Crippen molar-refractivity contribution in [3.8, 4) is 6.07 Å². The molecule has 0 radical (unpaired) electrons. The lowest BCUT2D eigenvalue weighted by atomic mass is 9.44. The van der Waals surface area contributed by atoms with Crippen molar-refractivity contribution < 1.29 is 13.2 Å². The van der Waals surface area contributed by atoms with E-state index >= 15 is 0 Å². The number of pyridine rings is 1. The summed E-state index contributed by atoms with van der Waals surface area (Å²) in [6, 6.07) is 4.80. The Morgan fingerprint density at radius 2 is 1.86 bits per heavy atom. The van der Waals surface area contributed by atoms with Crippen molar-refractivity contribution in [2.24, 2.45) is 46.3 Å². The normalized spacial score (nSPS) is 40.2. The third kappa shape index (κ3) is 4.76. The third-order valence-corrected chi connectivity index (χ3v) is 13.0. The Bertz CT molecular complexity index is 1120. The van der Waals surface area contributed by atoms with E-state index in [9.17, 15) is 8.42 Å². The Hall–Kier alpha value is -1.49. The Labute approximate surface area is 224 Å². The minimum atomic E-state index is -3.73. The molecule has 0 bridgehead atoms. The van der Waals surface area contributed by atoms with Crippen LogP contribution in [-0.4, -0.2) is 32.7 Å². The molecule has 0 amide bonds. The van der Waals surface area contributed by atoms with Gasteiger partial charge in [0, 0.05) is 25.5 Å². The number of aromatic nitrogens is 1. The Balaban J connectivity index is 1.28. The topological polar surface area (TPSA) is 92.1 Å². The van der Waals surface area contributed by atoms with Gasteiger partial charge in [0.05, 0.1) is 5.56 Å². The Morgan fingerprint density at radius 3 is 2.57 bits per heavy atom. The van der Waals surface area contributed by atoms with E-state index in [1.54, 1.807) is 0 Å². The second kappa shape index (κ2) is 10.2. The van der Waals surface area contributed by atoms with Gasteiger partial charge >= 0.3 is 0 Å². The van der Waals surface area contributed by atoms with Crippen LogP contribution in [0.25, 0.3) is 0 Å². The molecule has 4 saturated carbocycles. The Kier molecular flexibility index (Phi) is 7.50. The van der Waals surface area contributed by atoms with Gasteiger partial charge in [-0.2, -0.15) is 5.26 Å². The van der Waals surface area contributed by atoms with Crippen LogP contribution in [0.15, 0.2) is 23.4 Å². The fraction of sp³-hybridized carbons (Fsp3) is 0.800. The first-order valence-electron chi connectivity index (χ1n) is 14.6. The number of nitrogens with one attached hydrogen (secondary N) is 1. The van der Waals surface area contributed by atoms with Crippen molar-refractivity contribution in [1.29, 1.82) is 5.26 Å². The summed E-state index contributed by atoms with van der Waals surface area (Å²) in [5.41, 5.74) is 0.997. The predicted molar refractivity (Wildman–Crippen MR) is 144 cm³/mol. The third-order valence-electron chi connectivity index (χ3n) is 11.5. The zero-order valence-electron chi connectivity index (χ0n) is 23.1. The summed E-state index contributed by atoms with van der Waals surface area (Å²) in [5, 5.41) is 9.00. The van der Waals surface area contributed by atoms with E-state index in [0.717, 1.165) is 43.3 Å². The maximum Gasteiger partial charge on any atom is 0.258 e. The van der Waals surface area contributed by atoms with E-state index in [0.29, 0.717) is 22.8 Å². The molecule has 3 unspecified atom stereocenters. The smallest absolute Gasteiger partial charge is 0.258 e. The zero-order valence-corrected chi connectivity index (χ0v) is 23.9. The van der Waals surface area contributed by atoms with E-state index < -0.39 is 10.0 Å². The number of nitriles is 1. The van der Waals surface area contributed by atoms with Crippen LogP contribution in [0.3, 0.4) is 0 Å². The van der Waals surface area contributed by atoms with Gasteiger partial charge in [0.15, 0.2) is 5.03 Å². The number of nitrogens with zero attached hydrogens (tertiary/aromatic N) is 2. The molecule has 4 fully saturated rings. The van der Waals surface area contributed by atoms with Gasteiger partial charge in [-0.15, -0.1) is 0 Å². The molecule has 1 heterocycles. The van der Waals surface area contributed by atoms with Crippen LogP contribution >= 0.6 is 0 Å². The molecule has 37 heavy (non-hydrogen) atoms. The molecular weight excluding hydrogens is 482 g/mol. The van der Waals surface area contributed by atoms with E-state index in [2.05, 4.69) is 30.5 Å². The largest absolute Gasteiger partial charge is 0.381 e. The van der Waals surface area contributed by atoms with Gasteiger partial charge in [0.2, 0.25) is 0 Å². The molecule has 4 aliphatic carbocycles. The Morgan fingerprint density at radius 1 is 1.11 bits per heavy atom. The highest BCUT2D eigenvalue weighted by Crippen LogP contribution is 2.68. The van der Waals surface area contributed by atoms with E-state index in [-0.39, 0.29) is 16.5 Å².